The van der Waals surface area contributed by atoms with Gasteiger partial charge in [0.1, 0.15) is 11.6 Å². The van der Waals surface area contributed by atoms with E-state index >= 15 is 0 Å². The molecule has 2 rings (SSSR count). The fraction of sp³-hybridized carbons (Fsp3) is 0.375. The molecule has 1 aromatic heterocycles. The molecule has 3 heteroatoms. The van der Waals surface area contributed by atoms with Crippen LogP contribution in [0.1, 0.15) is 37.7 Å². The van der Waals surface area contributed by atoms with Gasteiger partial charge in [0.05, 0.1) is 5.69 Å². The minimum Gasteiger partial charge on any atom is -0.383 e. The number of aromatic nitrogens is 2. The Morgan fingerprint density at radius 1 is 0.947 bits per heavy atom. The summed E-state index contributed by atoms with van der Waals surface area (Å²) in [5.74, 6) is 1.26. The van der Waals surface area contributed by atoms with E-state index in [2.05, 4.69) is 55.0 Å². The van der Waals surface area contributed by atoms with Crippen LogP contribution in [0, 0.1) is 13.8 Å². The van der Waals surface area contributed by atoms with Gasteiger partial charge in [-0.2, -0.15) is 0 Å². The van der Waals surface area contributed by atoms with E-state index in [1.54, 1.807) is 0 Å². The lowest BCUT2D eigenvalue weighted by atomic mass is 9.86. The smallest absolute Gasteiger partial charge is 0.130 e. The summed E-state index contributed by atoms with van der Waals surface area (Å²) in [7, 11) is 0. The fourth-order valence-electron chi connectivity index (χ4n) is 2.06. The molecule has 0 atom stereocenters. The van der Waals surface area contributed by atoms with Crippen molar-refractivity contribution < 1.29 is 0 Å². The largest absolute Gasteiger partial charge is 0.383 e. The highest BCUT2D eigenvalue weighted by Gasteiger charge is 2.14. The second-order valence-corrected chi connectivity index (χ2v) is 5.96. The maximum absolute atomic E-state index is 5.91. The molecule has 3 nitrogen and oxygen atoms in total. The van der Waals surface area contributed by atoms with Crippen molar-refractivity contribution in [3.05, 3.63) is 41.2 Å². The second-order valence-electron chi connectivity index (χ2n) is 5.96. The number of aryl methyl sites for hydroxylation is 1. The number of hydrogen-bond acceptors (Lipinski definition) is 3. The number of nitrogen functional groups attached to an aromatic ring is 1. The first-order valence-corrected chi connectivity index (χ1v) is 6.50. The molecule has 0 radical (unpaired) electrons. The van der Waals surface area contributed by atoms with Gasteiger partial charge in [-0.3, -0.25) is 0 Å². The van der Waals surface area contributed by atoms with Crippen LogP contribution in [-0.2, 0) is 5.41 Å². The summed E-state index contributed by atoms with van der Waals surface area (Å²) < 4.78 is 0. The molecule has 0 spiro atoms. The summed E-state index contributed by atoms with van der Waals surface area (Å²) >= 11 is 0. The Labute approximate surface area is 114 Å². The van der Waals surface area contributed by atoms with Gasteiger partial charge in [-0.25, -0.2) is 9.97 Å². The van der Waals surface area contributed by atoms with E-state index in [9.17, 15) is 0 Å². The standard InChI is InChI=1S/C16H21N3/c1-10-14(18-11(2)19-15(10)17)12-6-8-13(9-7-12)16(3,4)5/h6-9H,1-5H3,(H2,17,18,19). The lowest BCUT2D eigenvalue weighted by molar-refractivity contribution is 0.590. The van der Waals surface area contributed by atoms with Gasteiger partial charge in [0.2, 0.25) is 0 Å². The van der Waals surface area contributed by atoms with Gasteiger partial charge in [0, 0.05) is 11.1 Å². The first-order valence-electron chi connectivity index (χ1n) is 6.50. The third kappa shape index (κ3) is 2.75. The van der Waals surface area contributed by atoms with E-state index < -0.39 is 0 Å². The highest BCUT2D eigenvalue weighted by atomic mass is 14.9. The lowest BCUT2D eigenvalue weighted by Gasteiger charge is -2.19. The van der Waals surface area contributed by atoms with Gasteiger partial charge < -0.3 is 5.73 Å². The molecule has 0 saturated heterocycles. The fourth-order valence-corrected chi connectivity index (χ4v) is 2.06. The molecule has 1 aromatic carbocycles. The molecular formula is C16H21N3. The van der Waals surface area contributed by atoms with Crippen LogP contribution in [0.5, 0.6) is 0 Å². The molecule has 0 amide bonds. The Bertz CT molecular complexity index is 593. The van der Waals surface area contributed by atoms with Crippen molar-refractivity contribution in [1.29, 1.82) is 0 Å². The van der Waals surface area contributed by atoms with E-state index in [1.165, 1.54) is 5.56 Å². The quantitative estimate of drug-likeness (QED) is 0.846. The Hall–Kier alpha value is -1.90. The summed E-state index contributed by atoms with van der Waals surface area (Å²) in [5, 5.41) is 0. The maximum Gasteiger partial charge on any atom is 0.130 e. The zero-order valence-electron chi connectivity index (χ0n) is 12.3. The summed E-state index contributed by atoms with van der Waals surface area (Å²) in [5.41, 5.74) is 10.3. The van der Waals surface area contributed by atoms with Crippen molar-refractivity contribution in [1.82, 2.24) is 9.97 Å². The van der Waals surface area contributed by atoms with Crippen LogP contribution >= 0.6 is 0 Å². The number of rotatable bonds is 1. The molecule has 1 heterocycles. The normalized spacial score (nSPS) is 11.6. The highest BCUT2D eigenvalue weighted by molar-refractivity contribution is 5.67. The Kier molecular flexibility index (Phi) is 3.31. The average Bonchev–Trinajstić information content (AvgIpc) is 2.33. The van der Waals surface area contributed by atoms with Crippen LogP contribution in [0.25, 0.3) is 11.3 Å². The minimum atomic E-state index is 0.161. The van der Waals surface area contributed by atoms with E-state index in [1.807, 2.05) is 13.8 Å². The average molecular weight is 255 g/mol. The van der Waals surface area contributed by atoms with Crippen molar-refractivity contribution >= 4 is 5.82 Å². The van der Waals surface area contributed by atoms with Crippen LogP contribution in [0.15, 0.2) is 24.3 Å². The molecule has 0 bridgehead atoms. The van der Waals surface area contributed by atoms with Crippen molar-refractivity contribution in [3.63, 3.8) is 0 Å². The summed E-state index contributed by atoms with van der Waals surface area (Å²) in [6.07, 6.45) is 0. The molecule has 0 fully saturated rings. The third-order valence-electron chi connectivity index (χ3n) is 3.32. The second kappa shape index (κ2) is 4.65. The van der Waals surface area contributed by atoms with Crippen LogP contribution in [-0.4, -0.2) is 9.97 Å². The predicted molar refractivity (Wildman–Crippen MR) is 80.1 cm³/mol. The van der Waals surface area contributed by atoms with Crippen LogP contribution in [0.2, 0.25) is 0 Å². The Morgan fingerprint density at radius 2 is 1.53 bits per heavy atom. The Balaban J connectivity index is 2.49. The van der Waals surface area contributed by atoms with Gasteiger partial charge in [0.15, 0.2) is 0 Å². The first-order chi connectivity index (χ1) is 8.79. The van der Waals surface area contributed by atoms with Gasteiger partial charge in [-0.05, 0) is 24.8 Å². The molecular weight excluding hydrogens is 234 g/mol. The number of benzene rings is 1. The molecule has 19 heavy (non-hydrogen) atoms. The molecule has 0 unspecified atom stereocenters. The Morgan fingerprint density at radius 3 is 2.05 bits per heavy atom. The van der Waals surface area contributed by atoms with Crippen molar-refractivity contribution in [3.8, 4) is 11.3 Å². The molecule has 0 aliphatic heterocycles. The van der Waals surface area contributed by atoms with Crippen LogP contribution < -0.4 is 5.73 Å². The first kappa shape index (κ1) is 13.5. The number of nitrogens with two attached hydrogens (primary N) is 1. The minimum absolute atomic E-state index is 0.161. The van der Waals surface area contributed by atoms with Crippen LogP contribution in [0.3, 0.4) is 0 Å². The molecule has 2 N–H and O–H groups in total. The number of nitrogens with zero attached hydrogens (tertiary/aromatic N) is 2. The summed E-state index contributed by atoms with van der Waals surface area (Å²) in [6.45, 7) is 10.4. The monoisotopic (exact) mass is 255 g/mol. The van der Waals surface area contributed by atoms with Gasteiger partial charge in [-0.1, -0.05) is 45.0 Å². The highest BCUT2D eigenvalue weighted by Crippen LogP contribution is 2.28. The molecule has 0 aliphatic rings. The van der Waals surface area contributed by atoms with E-state index in [4.69, 9.17) is 5.73 Å². The zero-order chi connectivity index (χ0) is 14.2. The van der Waals surface area contributed by atoms with E-state index in [0.717, 1.165) is 16.8 Å². The molecule has 0 aliphatic carbocycles. The van der Waals surface area contributed by atoms with Crippen LogP contribution in [0.4, 0.5) is 5.82 Å². The molecule has 0 saturated carbocycles. The van der Waals surface area contributed by atoms with Crippen molar-refractivity contribution in [2.45, 2.75) is 40.0 Å². The SMILES string of the molecule is Cc1nc(N)c(C)c(-c2ccc(C(C)(C)C)cc2)n1. The topological polar surface area (TPSA) is 51.8 Å². The van der Waals surface area contributed by atoms with E-state index in [0.29, 0.717) is 11.6 Å². The zero-order valence-corrected chi connectivity index (χ0v) is 12.3. The van der Waals surface area contributed by atoms with Crippen molar-refractivity contribution in [2.75, 3.05) is 5.73 Å². The molecule has 2 aromatic rings. The third-order valence-corrected chi connectivity index (χ3v) is 3.32. The predicted octanol–water partition coefficient (Wildman–Crippen LogP) is 3.64. The maximum atomic E-state index is 5.91. The van der Waals surface area contributed by atoms with Gasteiger partial charge >= 0.3 is 0 Å². The number of hydrogen-bond donors (Lipinski definition) is 1. The lowest BCUT2D eigenvalue weighted by Crippen LogP contribution is -2.10. The van der Waals surface area contributed by atoms with Gasteiger partial charge in [0.25, 0.3) is 0 Å². The summed E-state index contributed by atoms with van der Waals surface area (Å²) in [4.78, 5) is 8.69. The number of anilines is 1. The molecule has 100 valence electrons. The van der Waals surface area contributed by atoms with Gasteiger partial charge in [-0.15, -0.1) is 0 Å². The summed E-state index contributed by atoms with van der Waals surface area (Å²) in [6, 6.07) is 8.52. The van der Waals surface area contributed by atoms with E-state index in [-0.39, 0.29) is 5.41 Å². The van der Waals surface area contributed by atoms with Crippen molar-refractivity contribution in [2.24, 2.45) is 0 Å².